The number of rotatable bonds is 5. The minimum atomic E-state index is -1.82. The summed E-state index contributed by atoms with van der Waals surface area (Å²) in [6, 6.07) is 5.17. The van der Waals surface area contributed by atoms with Crippen molar-refractivity contribution in [3.05, 3.63) is 68.1 Å². The van der Waals surface area contributed by atoms with Crippen molar-refractivity contribution in [1.82, 2.24) is 0 Å². The van der Waals surface area contributed by atoms with E-state index in [1.165, 1.54) is 19.1 Å². The molecule has 4 N–H and O–H groups in total. The number of phenols is 2. The average molecular weight is 554 g/mol. The highest BCUT2D eigenvalue weighted by atomic mass is 16.7. The number of aliphatic hydroxyl groups excluding tert-OH is 1. The van der Waals surface area contributed by atoms with Gasteiger partial charge in [0.2, 0.25) is 0 Å². The maximum atomic E-state index is 13.4. The number of aromatic hydroxyl groups is 2. The van der Waals surface area contributed by atoms with Gasteiger partial charge < -0.3 is 34.6 Å². The smallest absolute Gasteiger partial charge is 0.302 e. The normalized spacial score (nSPS) is 29.1. The summed E-state index contributed by atoms with van der Waals surface area (Å²) in [7, 11) is 0. The minimum Gasteiger partial charge on any atom is -0.507 e. The molecule has 0 radical (unpaired) electrons. The SMILES string of the molecule is CC(=O)O[C@H]1C[C@H](O[C@H]2C[C@](O)(CO)Cc3c(O)c4c(c(O)c32)C(=O)c2ccccc2C4=O)O[C@@H](C)[C@H]1N=[N+]=[N-]. The van der Waals surface area contributed by atoms with Crippen molar-refractivity contribution >= 4 is 17.5 Å². The quantitative estimate of drug-likeness (QED) is 0.119. The van der Waals surface area contributed by atoms with Crippen molar-refractivity contribution < 1.29 is 49.0 Å². The van der Waals surface area contributed by atoms with Crippen molar-refractivity contribution in [2.24, 2.45) is 5.11 Å². The Morgan fingerprint density at radius 2 is 1.80 bits per heavy atom. The van der Waals surface area contributed by atoms with Gasteiger partial charge in [0.15, 0.2) is 17.9 Å². The van der Waals surface area contributed by atoms with Gasteiger partial charge in [0.05, 0.1) is 35.5 Å². The van der Waals surface area contributed by atoms with Gasteiger partial charge in [0.25, 0.3) is 0 Å². The topological polar surface area (TPSA) is 209 Å². The molecule has 40 heavy (non-hydrogen) atoms. The second-order valence-electron chi connectivity index (χ2n) is 10.3. The third-order valence-corrected chi connectivity index (χ3v) is 7.62. The molecule has 1 saturated heterocycles. The van der Waals surface area contributed by atoms with Crippen LogP contribution in [0.2, 0.25) is 0 Å². The van der Waals surface area contributed by atoms with Gasteiger partial charge in [-0.05, 0) is 12.5 Å². The molecule has 0 unspecified atom stereocenters. The van der Waals surface area contributed by atoms with E-state index in [1.54, 1.807) is 19.1 Å². The van der Waals surface area contributed by atoms with Crippen LogP contribution in [0.15, 0.2) is 29.4 Å². The van der Waals surface area contributed by atoms with Gasteiger partial charge in [0.1, 0.15) is 23.6 Å². The maximum absolute atomic E-state index is 13.4. The lowest BCUT2D eigenvalue weighted by Crippen LogP contribution is -2.49. The molecular formula is C27H27N3O10. The molecule has 0 aromatic heterocycles. The second kappa shape index (κ2) is 10.2. The van der Waals surface area contributed by atoms with Crippen LogP contribution in [-0.2, 0) is 25.4 Å². The van der Waals surface area contributed by atoms with E-state index in [-0.39, 0.29) is 47.1 Å². The molecule has 210 valence electrons. The number of benzene rings is 2. The number of hydrogen-bond donors (Lipinski definition) is 4. The predicted octanol–water partition coefficient (Wildman–Crippen LogP) is 2.35. The van der Waals surface area contributed by atoms with E-state index in [2.05, 4.69) is 10.0 Å². The largest absolute Gasteiger partial charge is 0.507 e. The summed E-state index contributed by atoms with van der Waals surface area (Å²) in [6.07, 6.45) is -4.72. The van der Waals surface area contributed by atoms with Crippen LogP contribution in [0.25, 0.3) is 10.4 Å². The third kappa shape index (κ3) is 4.47. The molecule has 2 aromatic carbocycles. The summed E-state index contributed by atoms with van der Waals surface area (Å²) < 4.78 is 17.3. The van der Waals surface area contributed by atoms with Crippen LogP contribution in [-0.4, -0.2) is 74.7 Å². The van der Waals surface area contributed by atoms with E-state index in [4.69, 9.17) is 19.7 Å². The van der Waals surface area contributed by atoms with Gasteiger partial charge in [-0.3, -0.25) is 14.4 Å². The minimum absolute atomic E-state index is 0.0348. The fourth-order valence-corrected chi connectivity index (χ4v) is 5.83. The summed E-state index contributed by atoms with van der Waals surface area (Å²) in [4.78, 5) is 41.2. The molecule has 1 heterocycles. The number of carbonyl (C=O) groups excluding carboxylic acids is 3. The van der Waals surface area contributed by atoms with Gasteiger partial charge in [0, 0.05) is 53.4 Å². The molecule has 1 fully saturated rings. The van der Waals surface area contributed by atoms with Crippen molar-refractivity contribution in [3.63, 3.8) is 0 Å². The first-order chi connectivity index (χ1) is 19.0. The number of aliphatic hydroxyl groups is 2. The van der Waals surface area contributed by atoms with E-state index < -0.39 is 77.4 Å². The molecule has 1 aliphatic heterocycles. The summed E-state index contributed by atoms with van der Waals surface area (Å²) in [6.45, 7) is 2.05. The lowest BCUT2D eigenvalue weighted by molar-refractivity contribution is -0.248. The molecule has 2 aliphatic carbocycles. The fourth-order valence-electron chi connectivity index (χ4n) is 5.83. The first-order valence-corrected chi connectivity index (χ1v) is 12.6. The zero-order chi connectivity index (χ0) is 28.9. The Balaban J connectivity index is 1.59. The maximum Gasteiger partial charge on any atom is 0.302 e. The van der Waals surface area contributed by atoms with Crippen molar-refractivity contribution in [2.45, 2.75) is 69.4 Å². The van der Waals surface area contributed by atoms with Gasteiger partial charge in [-0.2, -0.15) is 0 Å². The number of ketones is 2. The molecule has 0 spiro atoms. The zero-order valence-electron chi connectivity index (χ0n) is 21.6. The number of nitrogens with zero attached hydrogens (tertiary/aromatic N) is 3. The predicted molar refractivity (Wildman–Crippen MR) is 135 cm³/mol. The molecule has 0 bridgehead atoms. The van der Waals surface area contributed by atoms with E-state index in [9.17, 15) is 34.8 Å². The van der Waals surface area contributed by atoms with Crippen molar-refractivity contribution in [3.8, 4) is 11.5 Å². The van der Waals surface area contributed by atoms with Crippen LogP contribution in [0.5, 0.6) is 11.5 Å². The number of ether oxygens (including phenoxy) is 3. The summed E-state index contributed by atoms with van der Waals surface area (Å²) in [5.74, 6) is -3.15. The molecule has 6 atom stereocenters. The standard InChI is InChI=1S/C27H27N3O10/c1-11-22(29-30-28)16(39-12(2)32)7-18(38-11)40-17-9-27(37,10-31)8-15-19(17)26(36)21-20(25(15)35)23(33)13-5-3-4-6-14(13)24(21)34/h3-6,11,16-18,22,31,35-37H,7-10H2,1-2H3/t11-,16-,17-,18-,22+,27-/m0/s1. The molecule has 0 amide bonds. The molecule has 13 heteroatoms. The average Bonchev–Trinajstić information content (AvgIpc) is 2.90. The van der Waals surface area contributed by atoms with Crippen LogP contribution in [0.3, 0.4) is 0 Å². The van der Waals surface area contributed by atoms with Crippen LogP contribution >= 0.6 is 0 Å². The molecular weight excluding hydrogens is 526 g/mol. The van der Waals surface area contributed by atoms with Crippen molar-refractivity contribution in [2.75, 3.05) is 6.61 Å². The van der Waals surface area contributed by atoms with Crippen LogP contribution in [0.1, 0.15) is 75.8 Å². The van der Waals surface area contributed by atoms with Crippen LogP contribution in [0.4, 0.5) is 0 Å². The summed E-state index contributed by atoms with van der Waals surface area (Å²) in [5.41, 5.74) is 6.37. The van der Waals surface area contributed by atoms with E-state index >= 15 is 0 Å². The number of azide groups is 1. The highest BCUT2D eigenvalue weighted by molar-refractivity contribution is 6.30. The van der Waals surface area contributed by atoms with Gasteiger partial charge in [-0.25, -0.2) is 0 Å². The Hall–Kier alpha value is -4.00. The lowest BCUT2D eigenvalue weighted by atomic mass is 9.73. The molecule has 0 saturated carbocycles. The first kappa shape index (κ1) is 27.6. The Morgan fingerprint density at radius 3 is 2.38 bits per heavy atom. The first-order valence-electron chi connectivity index (χ1n) is 12.6. The summed E-state index contributed by atoms with van der Waals surface area (Å²) >= 11 is 0. The number of phenolic OH excluding ortho intramolecular Hbond substituents is 2. The van der Waals surface area contributed by atoms with Gasteiger partial charge >= 0.3 is 5.97 Å². The second-order valence-corrected chi connectivity index (χ2v) is 10.3. The highest BCUT2D eigenvalue weighted by Crippen LogP contribution is 2.51. The van der Waals surface area contributed by atoms with Gasteiger partial charge in [-0.15, -0.1) is 0 Å². The number of esters is 1. The Labute approximate surface area is 227 Å². The van der Waals surface area contributed by atoms with Crippen LogP contribution in [0, 0.1) is 0 Å². The molecule has 13 nitrogen and oxygen atoms in total. The van der Waals surface area contributed by atoms with Crippen LogP contribution < -0.4 is 0 Å². The fraction of sp³-hybridized carbons (Fsp3) is 0.444. The lowest BCUT2D eigenvalue weighted by Gasteiger charge is -2.42. The summed E-state index contributed by atoms with van der Waals surface area (Å²) in [5, 5.41) is 47.5. The highest BCUT2D eigenvalue weighted by Gasteiger charge is 2.47. The number of fused-ring (bicyclic) bond motifs is 3. The number of carbonyl (C=O) groups is 3. The molecule has 5 rings (SSSR count). The molecule has 2 aromatic rings. The zero-order valence-corrected chi connectivity index (χ0v) is 21.6. The van der Waals surface area contributed by atoms with Crippen molar-refractivity contribution in [1.29, 1.82) is 0 Å². The monoisotopic (exact) mass is 553 g/mol. The Bertz CT molecular complexity index is 1470. The van der Waals surface area contributed by atoms with Gasteiger partial charge in [-0.1, -0.05) is 29.4 Å². The Kier molecular flexibility index (Phi) is 7.02. The Morgan fingerprint density at radius 1 is 1.18 bits per heavy atom. The van der Waals surface area contributed by atoms with E-state index in [0.29, 0.717) is 0 Å². The van der Waals surface area contributed by atoms with E-state index in [1.807, 2.05) is 0 Å². The number of hydrogen-bond acceptors (Lipinski definition) is 11. The van der Waals surface area contributed by atoms with E-state index in [0.717, 1.165) is 0 Å². The third-order valence-electron chi connectivity index (χ3n) is 7.62. The molecule has 3 aliphatic rings.